The van der Waals surface area contributed by atoms with Crippen molar-refractivity contribution in [3.8, 4) is 0 Å². The Kier molecular flexibility index (Phi) is 10.4. The number of carbonyl (C=O) groups is 2. The van der Waals surface area contributed by atoms with E-state index in [1.165, 1.54) is 0 Å². The third kappa shape index (κ3) is 9.50. The number of esters is 2. The van der Waals surface area contributed by atoms with E-state index in [0.29, 0.717) is 26.1 Å². The van der Waals surface area contributed by atoms with Crippen LogP contribution in [0, 0.1) is 16.7 Å². The third-order valence-electron chi connectivity index (χ3n) is 6.06. The zero-order valence-electron chi connectivity index (χ0n) is 20.9. The number of hydrogen-bond acceptors (Lipinski definition) is 5. The van der Waals surface area contributed by atoms with Gasteiger partial charge in [-0.3, -0.25) is 9.59 Å². The first-order valence-electron chi connectivity index (χ1n) is 11.0. The van der Waals surface area contributed by atoms with Crippen molar-refractivity contribution in [2.45, 2.75) is 113 Å². The zero-order valence-corrected chi connectivity index (χ0v) is 20.9. The average Bonchev–Trinajstić information content (AvgIpc) is 2.53. The topological polar surface area (TPSA) is 61.8 Å². The van der Waals surface area contributed by atoms with E-state index in [1.807, 2.05) is 55.4 Å². The van der Waals surface area contributed by atoms with E-state index >= 15 is 0 Å². The van der Waals surface area contributed by atoms with Gasteiger partial charge in [0.05, 0.1) is 30.1 Å². The molecule has 5 nitrogen and oxygen atoms in total. The second kappa shape index (κ2) is 10.8. The Bertz CT molecular complexity index is 529. The van der Waals surface area contributed by atoms with Crippen LogP contribution in [0.5, 0.6) is 0 Å². The summed E-state index contributed by atoms with van der Waals surface area (Å²) in [5.41, 5.74) is -1.74. The van der Waals surface area contributed by atoms with E-state index in [9.17, 15) is 9.59 Å². The molecule has 0 amide bonds. The molecule has 0 aromatic rings. The first-order chi connectivity index (χ1) is 13.0. The summed E-state index contributed by atoms with van der Waals surface area (Å²) in [6, 6.07) is 0. The standard InChI is InChI=1S/C24H46O5/c1-12-13-21(4,5)24(10,11)20(26)29-23(8,9)15-17-28-22(6,7)14-16-27-19(25)18(2)3/h18H,12-17H2,1-11H3. The molecule has 0 aromatic heterocycles. The molecule has 0 saturated carbocycles. The van der Waals surface area contributed by atoms with Gasteiger partial charge in [-0.1, -0.05) is 41.0 Å². The highest BCUT2D eigenvalue weighted by Gasteiger charge is 2.45. The number of ether oxygens (including phenoxy) is 3. The molecule has 0 heterocycles. The molecule has 0 aliphatic carbocycles. The maximum Gasteiger partial charge on any atom is 0.312 e. The van der Waals surface area contributed by atoms with Crippen molar-refractivity contribution < 1.29 is 23.8 Å². The predicted molar refractivity (Wildman–Crippen MR) is 118 cm³/mol. The van der Waals surface area contributed by atoms with Crippen molar-refractivity contribution in [2.75, 3.05) is 13.2 Å². The molecule has 0 aliphatic heterocycles. The van der Waals surface area contributed by atoms with Crippen molar-refractivity contribution >= 4 is 11.9 Å². The molecular weight excluding hydrogens is 368 g/mol. The molecular formula is C24H46O5. The number of hydrogen-bond donors (Lipinski definition) is 0. The summed E-state index contributed by atoms with van der Waals surface area (Å²) in [5.74, 6) is -0.482. The van der Waals surface area contributed by atoms with Crippen LogP contribution in [0.2, 0.25) is 0 Å². The Morgan fingerprint density at radius 3 is 1.79 bits per heavy atom. The molecule has 0 unspecified atom stereocenters. The van der Waals surface area contributed by atoms with E-state index in [2.05, 4.69) is 20.8 Å². The first kappa shape index (κ1) is 27.9. The fourth-order valence-corrected chi connectivity index (χ4v) is 2.85. The van der Waals surface area contributed by atoms with Crippen LogP contribution < -0.4 is 0 Å². The molecule has 29 heavy (non-hydrogen) atoms. The quantitative estimate of drug-likeness (QED) is 0.349. The molecule has 0 atom stereocenters. The average molecular weight is 415 g/mol. The monoisotopic (exact) mass is 414 g/mol. The predicted octanol–water partition coefficient (Wildman–Crippen LogP) is 5.94. The van der Waals surface area contributed by atoms with Gasteiger partial charge in [0.25, 0.3) is 0 Å². The van der Waals surface area contributed by atoms with Crippen molar-refractivity contribution in [1.29, 1.82) is 0 Å². The van der Waals surface area contributed by atoms with Crippen LogP contribution in [0.4, 0.5) is 0 Å². The maximum atomic E-state index is 12.9. The van der Waals surface area contributed by atoms with Gasteiger partial charge in [-0.2, -0.15) is 0 Å². The Morgan fingerprint density at radius 2 is 1.31 bits per heavy atom. The highest BCUT2D eigenvalue weighted by molar-refractivity contribution is 5.77. The molecule has 0 aliphatic rings. The molecule has 0 saturated heterocycles. The minimum absolute atomic E-state index is 0.124. The lowest BCUT2D eigenvalue weighted by Crippen LogP contribution is -2.44. The molecule has 0 aromatic carbocycles. The van der Waals surface area contributed by atoms with Gasteiger partial charge in [0.2, 0.25) is 0 Å². The van der Waals surface area contributed by atoms with Crippen LogP contribution in [-0.4, -0.2) is 36.4 Å². The Morgan fingerprint density at radius 1 is 0.793 bits per heavy atom. The van der Waals surface area contributed by atoms with Gasteiger partial charge in [0.1, 0.15) is 5.60 Å². The lowest BCUT2D eigenvalue weighted by Gasteiger charge is -2.41. The Labute approximate surface area is 179 Å². The van der Waals surface area contributed by atoms with E-state index in [4.69, 9.17) is 14.2 Å². The van der Waals surface area contributed by atoms with Gasteiger partial charge in [-0.25, -0.2) is 0 Å². The second-order valence-electron chi connectivity index (χ2n) is 10.8. The second-order valence-corrected chi connectivity index (χ2v) is 10.8. The highest BCUT2D eigenvalue weighted by atomic mass is 16.6. The maximum absolute atomic E-state index is 12.9. The molecule has 5 heteroatoms. The van der Waals surface area contributed by atoms with Gasteiger partial charge >= 0.3 is 11.9 Å². The van der Waals surface area contributed by atoms with Gasteiger partial charge in [-0.05, 0) is 53.4 Å². The minimum Gasteiger partial charge on any atom is -0.465 e. The van der Waals surface area contributed by atoms with Crippen molar-refractivity contribution in [3.63, 3.8) is 0 Å². The molecule has 0 rings (SSSR count). The van der Waals surface area contributed by atoms with Crippen LogP contribution >= 0.6 is 0 Å². The van der Waals surface area contributed by atoms with E-state index in [0.717, 1.165) is 12.8 Å². The lowest BCUT2D eigenvalue weighted by atomic mass is 9.65. The Hall–Kier alpha value is -1.10. The fourth-order valence-electron chi connectivity index (χ4n) is 2.85. The number of carbonyl (C=O) groups excluding carboxylic acids is 2. The molecule has 0 fully saturated rings. The van der Waals surface area contributed by atoms with Crippen molar-refractivity contribution in [2.24, 2.45) is 16.7 Å². The van der Waals surface area contributed by atoms with E-state index < -0.39 is 16.6 Å². The van der Waals surface area contributed by atoms with Gasteiger partial charge < -0.3 is 14.2 Å². The molecule has 0 bridgehead atoms. The molecule has 0 spiro atoms. The SMILES string of the molecule is CCCC(C)(C)C(C)(C)C(=O)OC(C)(C)CCOC(C)(C)CCOC(=O)C(C)C. The van der Waals surface area contributed by atoms with E-state index in [1.54, 1.807) is 0 Å². The Balaban J connectivity index is 4.61. The highest BCUT2D eigenvalue weighted by Crippen LogP contribution is 2.44. The smallest absolute Gasteiger partial charge is 0.312 e. The van der Waals surface area contributed by atoms with Gasteiger partial charge in [-0.15, -0.1) is 0 Å². The zero-order chi connectivity index (χ0) is 23.1. The summed E-state index contributed by atoms with van der Waals surface area (Å²) in [5, 5.41) is 0. The summed E-state index contributed by atoms with van der Waals surface area (Å²) in [6.07, 6.45) is 3.21. The van der Waals surface area contributed by atoms with Crippen LogP contribution in [-0.2, 0) is 23.8 Å². The van der Waals surface area contributed by atoms with Crippen LogP contribution in [0.3, 0.4) is 0 Å². The normalized spacial score (nSPS) is 13.5. The lowest BCUT2D eigenvalue weighted by molar-refractivity contribution is -0.177. The summed E-state index contributed by atoms with van der Waals surface area (Å²) < 4.78 is 17.1. The molecule has 0 N–H and O–H groups in total. The van der Waals surface area contributed by atoms with Gasteiger partial charge in [0, 0.05) is 12.8 Å². The van der Waals surface area contributed by atoms with E-state index in [-0.39, 0.29) is 23.3 Å². The van der Waals surface area contributed by atoms with Crippen LogP contribution in [0.25, 0.3) is 0 Å². The largest absolute Gasteiger partial charge is 0.465 e. The third-order valence-corrected chi connectivity index (χ3v) is 6.06. The molecule has 172 valence electrons. The molecule has 0 radical (unpaired) electrons. The van der Waals surface area contributed by atoms with Crippen molar-refractivity contribution in [1.82, 2.24) is 0 Å². The summed E-state index contributed by atoms with van der Waals surface area (Å²) in [7, 11) is 0. The van der Waals surface area contributed by atoms with Crippen molar-refractivity contribution in [3.05, 3.63) is 0 Å². The van der Waals surface area contributed by atoms with Crippen LogP contribution in [0.15, 0.2) is 0 Å². The minimum atomic E-state index is -0.614. The number of rotatable bonds is 13. The summed E-state index contributed by atoms with van der Waals surface area (Å²) in [4.78, 5) is 24.5. The summed E-state index contributed by atoms with van der Waals surface area (Å²) >= 11 is 0. The van der Waals surface area contributed by atoms with Gasteiger partial charge in [0.15, 0.2) is 0 Å². The summed E-state index contributed by atoms with van der Waals surface area (Å²) in [6.45, 7) is 22.6. The first-order valence-corrected chi connectivity index (χ1v) is 11.0. The fraction of sp³-hybridized carbons (Fsp3) is 0.917. The van der Waals surface area contributed by atoms with Crippen LogP contribution in [0.1, 0.15) is 102 Å².